The van der Waals surface area contributed by atoms with Crippen LogP contribution in [0.3, 0.4) is 0 Å². The molecular formula is C16H17Cl2N. The molecule has 100 valence electrons. The zero-order valence-corrected chi connectivity index (χ0v) is 12.5. The molecule has 0 aliphatic carbocycles. The fourth-order valence-corrected chi connectivity index (χ4v) is 2.70. The molecule has 0 spiro atoms. The normalized spacial score (nSPS) is 12.7. The molecule has 1 atom stereocenters. The molecule has 1 nitrogen and oxygen atoms in total. The van der Waals surface area contributed by atoms with Crippen molar-refractivity contribution in [1.29, 1.82) is 0 Å². The number of rotatable bonds is 3. The smallest absolute Gasteiger partial charge is 0.0581 e. The first-order chi connectivity index (χ1) is 9.00. The summed E-state index contributed by atoms with van der Waals surface area (Å²) in [6.45, 7) is 4.33. The summed E-state index contributed by atoms with van der Waals surface area (Å²) in [6, 6.07) is 13.4. The second-order valence-corrected chi connectivity index (χ2v) is 5.75. The van der Waals surface area contributed by atoms with Crippen molar-refractivity contribution >= 4 is 23.2 Å². The minimum absolute atomic E-state index is 0.303. The molecule has 0 saturated carbocycles. The lowest BCUT2D eigenvalue weighted by Crippen LogP contribution is -2.13. The average Bonchev–Trinajstić information content (AvgIpc) is 2.38. The first-order valence-electron chi connectivity index (χ1n) is 6.30. The molecule has 0 bridgehead atoms. The molecule has 0 saturated heterocycles. The standard InChI is InChI=1S/C16H17Cl2N/c1-10(2)11-6-8-12(9-7-11)16(19)15-13(17)4-3-5-14(15)18/h3-10,16H,19H2,1-2H3. The van der Waals surface area contributed by atoms with Crippen molar-refractivity contribution < 1.29 is 0 Å². The Morgan fingerprint density at radius 2 is 1.32 bits per heavy atom. The Labute approximate surface area is 124 Å². The van der Waals surface area contributed by atoms with Gasteiger partial charge in [-0.2, -0.15) is 0 Å². The second kappa shape index (κ2) is 5.96. The molecule has 19 heavy (non-hydrogen) atoms. The molecule has 0 aliphatic rings. The van der Waals surface area contributed by atoms with Crippen LogP contribution in [0, 0.1) is 0 Å². The Kier molecular flexibility index (Phi) is 4.51. The molecule has 2 aromatic carbocycles. The van der Waals surface area contributed by atoms with E-state index in [4.69, 9.17) is 28.9 Å². The maximum atomic E-state index is 6.28. The largest absolute Gasteiger partial charge is 0.320 e. The molecule has 2 aromatic rings. The van der Waals surface area contributed by atoms with Crippen molar-refractivity contribution in [3.05, 3.63) is 69.2 Å². The van der Waals surface area contributed by atoms with Crippen LogP contribution >= 0.6 is 23.2 Å². The fourth-order valence-electron chi connectivity index (χ4n) is 2.06. The van der Waals surface area contributed by atoms with Crippen molar-refractivity contribution in [2.75, 3.05) is 0 Å². The van der Waals surface area contributed by atoms with Crippen molar-refractivity contribution in [2.45, 2.75) is 25.8 Å². The second-order valence-electron chi connectivity index (χ2n) is 4.93. The molecular weight excluding hydrogens is 277 g/mol. The summed E-state index contributed by atoms with van der Waals surface area (Å²) in [5, 5.41) is 1.21. The van der Waals surface area contributed by atoms with Crippen molar-refractivity contribution in [2.24, 2.45) is 5.73 Å². The van der Waals surface area contributed by atoms with E-state index in [1.807, 2.05) is 30.3 Å². The summed E-state index contributed by atoms with van der Waals surface area (Å²) in [5.41, 5.74) is 9.36. The van der Waals surface area contributed by atoms with Crippen LogP contribution in [0.5, 0.6) is 0 Å². The van der Waals surface area contributed by atoms with Gasteiger partial charge in [0.2, 0.25) is 0 Å². The number of hydrogen-bond acceptors (Lipinski definition) is 1. The van der Waals surface area contributed by atoms with Gasteiger partial charge in [-0.1, -0.05) is 67.4 Å². The van der Waals surface area contributed by atoms with Crippen LogP contribution in [0.15, 0.2) is 42.5 Å². The molecule has 0 amide bonds. The zero-order valence-electron chi connectivity index (χ0n) is 11.0. The van der Waals surface area contributed by atoms with Gasteiger partial charge >= 0.3 is 0 Å². The van der Waals surface area contributed by atoms with Gasteiger partial charge in [0.15, 0.2) is 0 Å². The zero-order chi connectivity index (χ0) is 14.0. The number of hydrogen-bond donors (Lipinski definition) is 1. The maximum absolute atomic E-state index is 6.28. The first-order valence-corrected chi connectivity index (χ1v) is 7.05. The third-order valence-electron chi connectivity index (χ3n) is 3.27. The van der Waals surface area contributed by atoms with Gasteiger partial charge in [-0.3, -0.25) is 0 Å². The highest BCUT2D eigenvalue weighted by molar-refractivity contribution is 6.36. The number of halogens is 2. The molecule has 2 rings (SSSR count). The third-order valence-corrected chi connectivity index (χ3v) is 3.93. The van der Waals surface area contributed by atoms with Gasteiger partial charge in [-0.25, -0.2) is 0 Å². The lowest BCUT2D eigenvalue weighted by molar-refractivity contribution is 0.848. The highest BCUT2D eigenvalue weighted by atomic mass is 35.5. The summed E-state index contributed by atoms with van der Waals surface area (Å²) in [6.07, 6.45) is 0. The fraction of sp³-hybridized carbons (Fsp3) is 0.250. The van der Waals surface area contributed by atoms with Crippen LogP contribution in [-0.4, -0.2) is 0 Å². The summed E-state index contributed by atoms with van der Waals surface area (Å²) in [7, 11) is 0. The Morgan fingerprint density at radius 1 is 0.842 bits per heavy atom. The molecule has 0 radical (unpaired) electrons. The van der Waals surface area contributed by atoms with Crippen molar-refractivity contribution in [1.82, 2.24) is 0 Å². The summed E-state index contributed by atoms with van der Waals surface area (Å²) in [5.74, 6) is 0.508. The summed E-state index contributed by atoms with van der Waals surface area (Å²) >= 11 is 12.4. The van der Waals surface area contributed by atoms with E-state index in [9.17, 15) is 0 Å². The van der Waals surface area contributed by atoms with Gasteiger partial charge in [0.1, 0.15) is 0 Å². The van der Waals surface area contributed by atoms with Gasteiger partial charge in [0, 0.05) is 15.6 Å². The lowest BCUT2D eigenvalue weighted by Gasteiger charge is -2.16. The molecule has 1 unspecified atom stereocenters. The molecule has 0 aliphatic heterocycles. The van der Waals surface area contributed by atoms with Gasteiger partial charge in [-0.15, -0.1) is 0 Å². The third kappa shape index (κ3) is 3.11. The van der Waals surface area contributed by atoms with Crippen LogP contribution in [0.4, 0.5) is 0 Å². The minimum atomic E-state index is -0.303. The van der Waals surface area contributed by atoms with Gasteiger partial charge in [0.25, 0.3) is 0 Å². The molecule has 0 fully saturated rings. The Balaban J connectivity index is 2.36. The van der Waals surface area contributed by atoms with E-state index < -0.39 is 0 Å². The van der Waals surface area contributed by atoms with Crippen LogP contribution in [0.2, 0.25) is 10.0 Å². The van der Waals surface area contributed by atoms with E-state index in [2.05, 4.69) is 26.0 Å². The Hall–Kier alpha value is -1.02. The molecule has 0 aromatic heterocycles. The number of nitrogens with two attached hydrogens (primary N) is 1. The Bertz CT molecular complexity index is 541. The van der Waals surface area contributed by atoms with Gasteiger partial charge in [0.05, 0.1) is 6.04 Å². The number of benzene rings is 2. The predicted molar refractivity (Wildman–Crippen MR) is 83.0 cm³/mol. The van der Waals surface area contributed by atoms with E-state index in [0.717, 1.165) is 11.1 Å². The van der Waals surface area contributed by atoms with E-state index in [1.165, 1.54) is 5.56 Å². The lowest BCUT2D eigenvalue weighted by atomic mass is 9.96. The predicted octanol–water partition coefficient (Wildman–Crippen LogP) is 5.16. The monoisotopic (exact) mass is 293 g/mol. The van der Waals surface area contributed by atoms with Crippen LogP contribution in [-0.2, 0) is 0 Å². The summed E-state index contributed by atoms with van der Waals surface area (Å²) < 4.78 is 0. The van der Waals surface area contributed by atoms with E-state index in [-0.39, 0.29) is 6.04 Å². The van der Waals surface area contributed by atoms with Gasteiger partial charge in [-0.05, 0) is 29.2 Å². The van der Waals surface area contributed by atoms with Crippen molar-refractivity contribution in [3.8, 4) is 0 Å². The topological polar surface area (TPSA) is 26.0 Å². The Morgan fingerprint density at radius 3 is 1.79 bits per heavy atom. The van der Waals surface area contributed by atoms with Gasteiger partial charge < -0.3 is 5.73 Å². The molecule has 0 heterocycles. The van der Waals surface area contributed by atoms with Crippen molar-refractivity contribution in [3.63, 3.8) is 0 Å². The molecule has 3 heteroatoms. The summed E-state index contributed by atoms with van der Waals surface area (Å²) in [4.78, 5) is 0. The van der Waals surface area contributed by atoms with E-state index in [1.54, 1.807) is 0 Å². The van der Waals surface area contributed by atoms with Crippen LogP contribution in [0.1, 0.15) is 42.5 Å². The quantitative estimate of drug-likeness (QED) is 0.830. The highest BCUT2D eigenvalue weighted by Gasteiger charge is 2.16. The van der Waals surface area contributed by atoms with E-state index >= 15 is 0 Å². The first kappa shape index (κ1) is 14.4. The molecule has 2 N–H and O–H groups in total. The highest BCUT2D eigenvalue weighted by Crippen LogP contribution is 2.32. The maximum Gasteiger partial charge on any atom is 0.0581 e. The SMILES string of the molecule is CC(C)c1ccc(C(N)c2c(Cl)cccc2Cl)cc1. The van der Waals surface area contributed by atoms with Crippen LogP contribution < -0.4 is 5.73 Å². The minimum Gasteiger partial charge on any atom is -0.320 e. The van der Waals surface area contributed by atoms with Crippen LogP contribution in [0.25, 0.3) is 0 Å². The average molecular weight is 294 g/mol. The van der Waals surface area contributed by atoms with E-state index in [0.29, 0.717) is 16.0 Å².